The van der Waals surface area contributed by atoms with Crippen LogP contribution in [0.3, 0.4) is 0 Å². The van der Waals surface area contributed by atoms with Gasteiger partial charge in [-0.25, -0.2) is 8.78 Å². The van der Waals surface area contributed by atoms with Gasteiger partial charge < -0.3 is 4.90 Å². The van der Waals surface area contributed by atoms with E-state index in [-0.39, 0.29) is 17.2 Å². The third kappa shape index (κ3) is 3.85. The van der Waals surface area contributed by atoms with Crippen LogP contribution in [0.2, 0.25) is 0 Å². The highest BCUT2D eigenvalue weighted by molar-refractivity contribution is 5.94. The number of hydrogen-bond acceptors (Lipinski definition) is 4. The molecule has 2 aromatic rings. The lowest BCUT2D eigenvalue weighted by atomic mass is 10.1. The van der Waals surface area contributed by atoms with Gasteiger partial charge in [-0.1, -0.05) is 18.2 Å². The first-order chi connectivity index (χ1) is 12.5. The lowest BCUT2D eigenvalue weighted by molar-refractivity contribution is -0.385. The van der Waals surface area contributed by atoms with Crippen LogP contribution in [0.4, 0.5) is 14.5 Å². The van der Waals surface area contributed by atoms with Crippen LogP contribution in [0.5, 0.6) is 0 Å². The molecule has 8 heteroatoms. The first-order valence-corrected chi connectivity index (χ1v) is 8.14. The van der Waals surface area contributed by atoms with E-state index in [1.165, 1.54) is 12.1 Å². The molecule has 1 fully saturated rings. The Kier molecular flexibility index (Phi) is 5.22. The van der Waals surface area contributed by atoms with Crippen molar-refractivity contribution in [2.75, 3.05) is 26.2 Å². The molecule has 0 spiro atoms. The Balaban J connectivity index is 1.61. The fraction of sp³-hybridized carbons (Fsp3) is 0.278. The quantitative estimate of drug-likeness (QED) is 0.620. The number of amides is 1. The van der Waals surface area contributed by atoms with E-state index in [9.17, 15) is 23.7 Å². The Labute approximate surface area is 148 Å². The number of nitrogens with zero attached hydrogens (tertiary/aromatic N) is 3. The summed E-state index contributed by atoms with van der Waals surface area (Å²) in [6.07, 6.45) is 0. The molecule has 3 rings (SSSR count). The maximum absolute atomic E-state index is 13.3. The number of nitro groups is 1. The van der Waals surface area contributed by atoms with Gasteiger partial charge in [0.2, 0.25) is 0 Å². The van der Waals surface area contributed by atoms with E-state index in [0.717, 1.165) is 12.1 Å². The van der Waals surface area contributed by atoms with Gasteiger partial charge in [0.1, 0.15) is 0 Å². The standard InChI is InChI=1S/C18H17F2N3O3/c19-15-6-5-13(11-16(15)20)18(24)22-9-7-21(8-10-22)12-14-3-1-2-4-17(14)23(25)26/h1-6,11H,7-10,12H2. The van der Waals surface area contributed by atoms with E-state index >= 15 is 0 Å². The average Bonchev–Trinajstić information content (AvgIpc) is 2.64. The Morgan fingerprint density at radius 1 is 1.04 bits per heavy atom. The SMILES string of the molecule is O=C(c1ccc(F)c(F)c1)N1CCN(Cc2ccccc2[N+](=O)[O-])CC1. The number of piperazine rings is 1. The van der Waals surface area contributed by atoms with Crippen LogP contribution in [0, 0.1) is 21.7 Å². The van der Waals surface area contributed by atoms with Gasteiger partial charge in [-0.2, -0.15) is 0 Å². The number of para-hydroxylation sites is 1. The Hall–Kier alpha value is -2.87. The van der Waals surface area contributed by atoms with Crippen LogP contribution < -0.4 is 0 Å². The molecule has 6 nitrogen and oxygen atoms in total. The second-order valence-corrected chi connectivity index (χ2v) is 6.08. The molecule has 2 aromatic carbocycles. The number of carbonyl (C=O) groups excluding carboxylic acids is 1. The second kappa shape index (κ2) is 7.57. The molecule has 1 saturated heterocycles. The summed E-state index contributed by atoms with van der Waals surface area (Å²) in [5.74, 6) is -2.39. The third-order valence-corrected chi connectivity index (χ3v) is 4.41. The largest absolute Gasteiger partial charge is 0.336 e. The van der Waals surface area contributed by atoms with Crippen molar-refractivity contribution < 1.29 is 18.5 Å². The first kappa shape index (κ1) is 17.9. The molecule has 1 aliphatic rings. The molecule has 0 aliphatic carbocycles. The molecule has 0 unspecified atom stereocenters. The van der Waals surface area contributed by atoms with E-state index in [1.807, 2.05) is 4.90 Å². The molecule has 1 amide bonds. The molecule has 0 bridgehead atoms. The predicted octanol–water partition coefficient (Wildman–Crippen LogP) is 2.83. The molecular weight excluding hydrogens is 344 g/mol. The van der Waals surface area contributed by atoms with Crippen LogP contribution in [-0.2, 0) is 6.54 Å². The Morgan fingerprint density at radius 2 is 1.73 bits per heavy atom. The van der Waals surface area contributed by atoms with Crippen molar-refractivity contribution >= 4 is 11.6 Å². The summed E-state index contributed by atoms with van der Waals surface area (Å²) < 4.78 is 26.3. The van der Waals surface area contributed by atoms with Gasteiger partial charge in [-0.05, 0) is 18.2 Å². The molecule has 0 radical (unpaired) electrons. The molecule has 0 saturated carbocycles. The zero-order chi connectivity index (χ0) is 18.7. The smallest absolute Gasteiger partial charge is 0.273 e. The molecular formula is C18H17F2N3O3. The minimum absolute atomic E-state index is 0.0767. The van der Waals surface area contributed by atoms with Gasteiger partial charge in [-0.3, -0.25) is 19.8 Å². The van der Waals surface area contributed by atoms with E-state index in [2.05, 4.69) is 0 Å². The van der Waals surface area contributed by atoms with Crippen molar-refractivity contribution in [2.24, 2.45) is 0 Å². The van der Waals surface area contributed by atoms with E-state index in [1.54, 1.807) is 23.1 Å². The maximum Gasteiger partial charge on any atom is 0.273 e. The summed E-state index contributed by atoms with van der Waals surface area (Å²) in [7, 11) is 0. The van der Waals surface area contributed by atoms with Crippen molar-refractivity contribution in [2.45, 2.75) is 6.54 Å². The van der Waals surface area contributed by atoms with Gasteiger partial charge in [0.15, 0.2) is 11.6 Å². The number of benzene rings is 2. The fourth-order valence-corrected chi connectivity index (χ4v) is 2.98. The summed E-state index contributed by atoms with van der Waals surface area (Å²) >= 11 is 0. The van der Waals surface area contributed by atoms with Gasteiger partial charge in [0.05, 0.1) is 4.92 Å². The van der Waals surface area contributed by atoms with Crippen LogP contribution in [-0.4, -0.2) is 46.8 Å². The number of rotatable bonds is 4. The summed E-state index contributed by atoms with van der Waals surface area (Å²) in [5, 5.41) is 11.1. The van der Waals surface area contributed by atoms with E-state index in [4.69, 9.17) is 0 Å². The zero-order valence-electron chi connectivity index (χ0n) is 13.9. The second-order valence-electron chi connectivity index (χ2n) is 6.08. The highest BCUT2D eigenvalue weighted by Gasteiger charge is 2.24. The van der Waals surface area contributed by atoms with Gasteiger partial charge in [0.25, 0.3) is 11.6 Å². The van der Waals surface area contributed by atoms with E-state index in [0.29, 0.717) is 38.3 Å². The summed E-state index contributed by atoms with van der Waals surface area (Å²) in [6, 6.07) is 9.67. The zero-order valence-corrected chi connectivity index (χ0v) is 13.9. The van der Waals surface area contributed by atoms with Crippen molar-refractivity contribution in [3.63, 3.8) is 0 Å². The third-order valence-electron chi connectivity index (χ3n) is 4.41. The average molecular weight is 361 g/mol. The molecule has 1 aliphatic heterocycles. The lowest BCUT2D eigenvalue weighted by Gasteiger charge is -2.34. The maximum atomic E-state index is 13.3. The van der Waals surface area contributed by atoms with Crippen LogP contribution >= 0.6 is 0 Å². The molecule has 0 atom stereocenters. The normalized spacial score (nSPS) is 15.1. The monoisotopic (exact) mass is 361 g/mol. The highest BCUT2D eigenvalue weighted by Crippen LogP contribution is 2.20. The van der Waals surface area contributed by atoms with Gasteiger partial charge >= 0.3 is 0 Å². The molecule has 0 N–H and O–H groups in total. The number of carbonyl (C=O) groups is 1. The molecule has 1 heterocycles. The van der Waals surface area contributed by atoms with Crippen LogP contribution in [0.15, 0.2) is 42.5 Å². The highest BCUT2D eigenvalue weighted by atomic mass is 19.2. The summed E-state index contributed by atoms with van der Waals surface area (Å²) in [6.45, 7) is 2.34. The van der Waals surface area contributed by atoms with Crippen molar-refractivity contribution in [1.82, 2.24) is 9.80 Å². The minimum Gasteiger partial charge on any atom is -0.336 e. The van der Waals surface area contributed by atoms with Crippen LogP contribution in [0.1, 0.15) is 15.9 Å². The first-order valence-electron chi connectivity index (χ1n) is 8.14. The Morgan fingerprint density at radius 3 is 2.38 bits per heavy atom. The lowest BCUT2D eigenvalue weighted by Crippen LogP contribution is -2.48. The summed E-state index contributed by atoms with van der Waals surface area (Å²) in [5.41, 5.74) is 0.807. The van der Waals surface area contributed by atoms with Crippen molar-refractivity contribution in [3.8, 4) is 0 Å². The fourth-order valence-electron chi connectivity index (χ4n) is 2.98. The number of nitro benzene ring substituents is 1. The topological polar surface area (TPSA) is 66.7 Å². The van der Waals surface area contributed by atoms with Crippen molar-refractivity contribution in [3.05, 3.63) is 75.3 Å². The number of halogens is 2. The molecule has 136 valence electrons. The van der Waals surface area contributed by atoms with Crippen LogP contribution in [0.25, 0.3) is 0 Å². The van der Waals surface area contributed by atoms with Gasteiger partial charge in [-0.15, -0.1) is 0 Å². The molecule has 0 aromatic heterocycles. The number of hydrogen-bond donors (Lipinski definition) is 0. The minimum atomic E-state index is -1.05. The van der Waals surface area contributed by atoms with E-state index < -0.39 is 16.6 Å². The van der Waals surface area contributed by atoms with Gasteiger partial charge in [0, 0.05) is 49.9 Å². The predicted molar refractivity (Wildman–Crippen MR) is 90.6 cm³/mol. The molecule has 26 heavy (non-hydrogen) atoms. The van der Waals surface area contributed by atoms with Crippen molar-refractivity contribution in [1.29, 1.82) is 0 Å². The summed E-state index contributed by atoms with van der Waals surface area (Å²) in [4.78, 5) is 26.7. The Bertz CT molecular complexity index is 836.